The van der Waals surface area contributed by atoms with Gasteiger partial charge in [0.25, 0.3) is 0 Å². The van der Waals surface area contributed by atoms with Crippen molar-refractivity contribution in [3.8, 4) is 0 Å². The summed E-state index contributed by atoms with van der Waals surface area (Å²) < 4.78 is 1.79. The molecule has 1 amide bonds. The zero-order chi connectivity index (χ0) is 16.5. The molecule has 4 heterocycles. The molecule has 0 aromatic carbocycles. The van der Waals surface area contributed by atoms with E-state index in [4.69, 9.17) is 0 Å². The van der Waals surface area contributed by atoms with Crippen LogP contribution in [0, 0.1) is 0 Å². The van der Waals surface area contributed by atoms with Crippen LogP contribution in [0.25, 0.3) is 10.2 Å². The van der Waals surface area contributed by atoms with Crippen molar-refractivity contribution in [2.75, 3.05) is 16.8 Å². The van der Waals surface area contributed by atoms with Crippen LogP contribution < -0.4 is 10.2 Å². The summed E-state index contributed by atoms with van der Waals surface area (Å²) in [5, 5.41) is 10.2. The number of aryl methyl sites for hydroxylation is 1. The minimum absolute atomic E-state index is 0.00913. The molecule has 24 heavy (non-hydrogen) atoms. The average Bonchev–Trinajstić information content (AvgIpc) is 3.33. The Labute approximate surface area is 143 Å². The standard InChI is InChI=1S/C16H18N6OS/c1-2-21-9-11(8-19-21)20-15(23)13-4-3-6-22(13)14-12-5-7-24-16(12)18-10-17-14/h5,7-10,13H,2-4,6H2,1H3,(H,20,23)/t13-/m0/s1. The van der Waals surface area contributed by atoms with Gasteiger partial charge >= 0.3 is 0 Å². The molecule has 0 radical (unpaired) electrons. The van der Waals surface area contributed by atoms with Gasteiger partial charge in [-0.05, 0) is 31.2 Å². The number of hydrogen-bond acceptors (Lipinski definition) is 6. The third-order valence-electron chi connectivity index (χ3n) is 4.29. The predicted molar refractivity (Wildman–Crippen MR) is 94.3 cm³/mol. The molecule has 0 unspecified atom stereocenters. The molecule has 1 aliphatic rings. The van der Waals surface area contributed by atoms with Crippen LogP contribution in [0.5, 0.6) is 0 Å². The maximum atomic E-state index is 12.7. The van der Waals surface area contributed by atoms with Crippen molar-refractivity contribution < 1.29 is 4.79 Å². The van der Waals surface area contributed by atoms with E-state index in [1.807, 2.05) is 24.6 Å². The molecular weight excluding hydrogens is 324 g/mol. The summed E-state index contributed by atoms with van der Waals surface area (Å²) in [6.45, 7) is 3.62. The lowest BCUT2D eigenvalue weighted by Crippen LogP contribution is -2.40. The first kappa shape index (κ1) is 15.1. The van der Waals surface area contributed by atoms with Crippen LogP contribution in [0.2, 0.25) is 0 Å². The zero-order valence-electron chi connectivity index (χ0n) is 13.3. The fourth-order valence-corrected chi connectivity index (χ4v) is 3.85. The van der Waals surface area contributed by atoms with Gasteiger partial charge in [-0.25, -0.2) is 9.97 Å². The smallest absolute Gasteiger partial charge is 0.247 e. The third-order valence-corrected chi connectivity index (χ3v) is 5.11. The number of rotatable bonds is 4. The molecular formula is C16H18N6OS. The van der Waals surface area contributed by atoms with Gasteiger partial charge in [-0.15, -0.1) is 11.3 Å². The Balaban J connectivity index is 1.58. The molecule has 1 saturated heterocycles. The normalized spacial score (nSPS) is 17.5. The van der Waals surface area contributed by atoms with Gasteiger partial charge in [0.1, 0.15) is 23.0 Å². The van der Waals surface area contributed by atoms with Gasteiger partial charge in [0.15, 0.2) is 0 Å². The Morgan fingerprint density at radius 1 is 1.46 bits per heavy atom. The average molecular weight is 342 g/mol. The highest BCUT2D eigenvalue weighted by Crippen LogP contribution is 2.32. The van der Waals surface area contributed by atoms with Gasteiger partial charge in [0, 0.05) is 19.3 Å². The summed E-state index contributed by atoms with van der Waals surface area (Å²) in [7, 11) is 0. The largest absolute Gasteiger partial charge is 0.344 e. The van der Waals surface area contributed by atoms with Gasteiger partial charge in [0.05, 0.1) is 17.3 Å². The van der Waals surface area contributed by atoms with Crippen molar-refractivity contribution in [2.24, 2.45) is 0 Å². The number of amides is 1. The minimum Gasteiger partial charge on any atom is -0.344 e. The van der Waals surface area contributed by atoms with Gasteiger partial charge < -0.3 is 10.2 Å². The molecule has 3 aromatic rings. The number of aromatic nitrogens is 4. The van der Waals surface area contributed by atoms with Gasteiger partial charge in [-0.2, -0.15) is 5.10 Å². The number of hydrogen-bond donors (Lipinski definition) is 1. The highest BCUT2D eigenvalue weighted by atomic mass is 32.1. The van der Waals surface area contributed by atoms with Crippen molar-refractivity contribution in [1.82, 2.24) is 19.7 Å². The summed E-state index contributed by atoms with van der Waals surface area (Å²) in [5.41, 5.74) is 0.733. The SMILES string of the molecule is CCn1cc(NC(=O)[C@@H]2CCCN2c2ncnc3sccc23)cn1. The molecule has 4 rings (SSSR count). The van der Waals surface area contributed by atoms with Crippen LogP contribution in [0.4, 0.5) is 11.5 Å². The molecule has 0 spiro atoms. The number of nitrogens with zero attached hydrogens (tertiary/aromatic N) is 5. The van der Waals surface area contributed by atoms with Crippen LogP contribution in [0.3, 0.4) is 0 Å². The summed E-state index contributed by atoms with van der Waals surface area (Å²) in [6, 6.07) is 1.81. The van der Waals surface area contributed by atoms with Crippen LogP contribution >= 0.6 is 11.3 Å². The topological polar surface area (TPSA) is 75.9 Å². The summed E-state index contributed by atoms with van der Waals surface area (Å²) >= 11 is 1.59. The highest BCUT2D eigenvalue weighted by molar-refractivity contribution is 7.16. The molecule has 0 aliphatic carbocycles. The van der Waals surface area contributed by atoms with Crippen molar-refractivity contribution >= 4 is 39.0 Å². The summed E-state index contributed by atoms with van der Waals surface area (Å²) in [6.07, 6.45) is 6.90. The predicted octanol–water partition coefficient (Wildman–Crippen LogP) is 2.52. The lowest BCUT2D eigenvalue weighted by molar-refractivity contribution is -0.117. The Kier molecular flexibility index (Phi) is 3.89. The Bertz CT molecular complexity index is 872. The number of carbonyl (C=O) groups is 1. The highest BCUT2D eigenvalue weighted by Gasteiger charge is 2.33. The zero-order valence-corrected chi connectivity index (χ0v) is 14.2. The van der Waals surface area contributed by atoms with E-state index in [9.17, 15) is 4.79 Å². The Morgan fingerprint density at radius 3 is 3.21 bits per heavy atom. The fourth-order valence-electron chi connectivity index (χ4n) is 3.13. The maximum Gasteiger partial charge on any atom is 0.247 e. The third kappa shape index (κ3) is 2.62. The molecule has 0 saturated carbocycles. The Hall–Kier alpha value is -2.48. The molecule has 1 atom stereocenters. The molecule has 1 fully saturated rings. The first-order valence-corrected chi connectivity index (χ1v) is 8.92. The summed E-state index contributed by atoms with van der Waals surface area (Å²) in [5.74, 6) is 0.841. The second-order valence-corrected chi connectivity index (χ2v) is 6.66. The van der Waals surface area contributed by atoms with Crippen molar-refractivity contribution in [1.29, 1.82) is 0 Å². The molecule has 7 nitrogen and oxygen atoms in total. The maximum absolute atomic E-state index is 12.7. The van der Waals surface area contributed by atoms with E-state index in [2.05, 4.69) is 25.3 Å². The summed E-state index contributed by atoms with van der Waals surface area (Å²) in [4.78, 5) is 24.5. The number of nitrogens with one attached hydrogen (secondary N) is 1. The fraction of sp³-hybridized carbons (Fsp3) is 0.375. The molecule has 1 aliphatic heterocycles. The van der Waals surface area contributed by atoms with Gasteiger partial charge in [-0.3, -0.25) is 9.48 Å². The molecule has 8 heteroatoms. The van der Waals surface area contributed by atoms with Gasteiger partial charge in [0.2, 0.25) is 5.91 Å². The molecule has 0 bridgehead atoms. The van der Waals surface area contributed by atoms with Crippen LogP contribution in [-0.4, -0.2) is 38.2 Å². The van der Waals surface area contributed by atoms with E-state index in [1.54, 1.807) is 28.5 Å². The lowest BCUT2D eigenvalue weighted by atomic mass is 10.2. The first-order chi connectivity index (χ1) is 11.8. The van der Waals surface area contributed by atoms with Crippen molar-refractivity contribution in [2.45, 2.75) is 32.4 Å². The monoisotopic (exact) mass is 342 g/mol. The second kappa shape index (κ2) is 6.20. The van der Waals surface area contributed by atoms with E-state index < -0.39 is 0 Å². The van der Waals surface area contributed by atoms with Crippen molar-refractivity contribution in [3.63, 3.8) is 0 Å². The lowest BCUT2D eigenvalue weighted by Gasteiger charge is -2.25. The molecule has 124 valence electrons. The van der Waals surface area contributed by atoms with E-state index in [0.717, 1.165) is 47.7 Å². The van der Waals surface area contributed by atoms with E-state index in [-0.39, 0.29) is 11.9 Å². The number of carbonyl (C=O) groups excluding carboxylic acids is 1. The van der Waals surface area contributed by atoms with E-state index >= 15 is 0 Å². The first-order valence-electron chi connectivity index (χ1n) is 8.04. The number of anilines is 2. The Morgan fingerprint density at radius 2 is 2.38 bits per heavy atom. The number of fused-ring (bicyclic) bond motifs is 1. The van der Waals surface area contributed by atoms with E-state index in [0.29, 0.717) is 0 Å². The minimum atomic E-state index is -0.215. The van der Waals surface area contributed by atoms with E-state index in [1.165, 1.54) is 0 Å². The van der Waals surface area contributed by atoms with Crippen LogP contribution in [0.15, 0.2) is 30.2 Å². The second-order valence-electron chi connectivity index (χ2n) is 5.76. The van der Waals surface area contributed by atoms with Crippen LogP contribution in [0.1, 0.15) is 19.8 Å². The van der Waals surface area contributed by atoms with Crippen LogP contribution in [-0.2, 0) is 11.3 Å². The molecule has 1 N–H and O–H groups in total. The van der Waals surface area contributed by atoms with Gasteiger partial charge in [-0.1, -0.05) is 0 Å². The van der Waals surface area contributed by atoms with Crippen molar-refractivity contribution in [3.05, 3.63) is 30.2 Å². The molecule has 3 aromatic heterocycles. The quantitative estimate of drug-likeness (QED) is 0.788. The number of thiophene rings is 1.